The van der Waals surface area contributed by atoms with Gasteiger partial charge in [0.05, 0.1) is 18.3 Å². The summed E-state index contributed by atoms with van der Waals surface area (Å²) in [7, 11) is 1.06. The molecule has 0 amide bonds. The highest BCUT2D eigenvalue weighted by molar-refractivity contribution is 6.62. The van der Waals surface area contributed by atoms with Crippen LogP contribution >= 0.6 is 0 Å². The topological polar surface area (TPSA) is 44.8 Å². The minimum atomic E-state index is -0.343. The third-order valence-electron chi connectivity index (χ3n) is 4.35. The van der Waals surface area contributed by atoms with Crippen molar-refractivity contribution >= 4 is 18.6 Å². The SMILES string of the molecule is COC(=O)CCc1ccc(B2OC(C)(C)C(C)(C)O2)cc1. The molecule has 0 aromatic heterocycles. The van der Waals surface area contributed by atoms with E-state index >= 15 is 0 Å². The number of carbonyl (C=O) groups excluding carboxylic acids is 1. The molecule has 21 heavy (non-hydrogen) atoms. The van der Waals surface area contributed by atoms with Gasteiger partial charge in [-0.15, -0.1) is 0 Å². The molecule has 5 heteroatoms. The van der Waals surface area contributed by atoms with Crippen LogP contribution < -0.4 is 5.46 Å². The van der Waals surface area contributed by atoms with E-state index in [1.165, 1.54) is 7.11 Å². The summed E-state index contributed by atoms with van der Waals surface area (Å²) >= 11 is 0. The van der Waals surface area contributed by atoms with Crippen molar-refractivity contribution in [2.45, 2.75) is 51.7 Å². The Hall–Kier alpha value is -1.33. The highest BCUT2D eigenvalue weighted by atomic mass is 16.7. The number of hydrogen-bond donors (Lipinski definition) is 0. The van der Waals surface area contributed by atoms with E-state index in [1.54, 1.807) is 0 Å². The highest BCUT2D eigenvalue weighted by Crippen LogP contribution is 2.36. The van der Waals surface area contributed by atoms with Gasteiger partial charge in [-0.1, -0.05) is 24.3 Å². The number of carbonyl (C=O) groups is 1. The number of benzene rings is 1. The zero-order chi connectivity index (χ0) is 15.7. The number of rotatable bonds is 4. The lowest BCUT2D eigenvalue weighted by Crippen LogP contribution is -2.41. The van der Waals surface area contributed by atoms with Gasteiger partial charge >= 0.3 is 13.1 Å². The van der Waals surface area contributed by atoms with Crippen LogP contribution in [-0.2, 0) is 25.3 Å². The lowest BCUT2D eigenvalue weighted by molar-refractivity contribution is -0.140. The molecule has 1 fully saturated rings. The maximum Gasteiger partial charge on any atom is 0.494 e. The molecule has 0 radical (unpaired) electrons. The Bertz CT molecular complexity index is 492. The normalized spacial score (nSPS) is 19.6. The molecule has 0 atom stereocenters. The fraction of sp³-hybridized carbons (Fsp3) is 0.562. The molecule has 1 aromatic carbocycles. The molecule has 114 valence electrons. The van der Waals surface area contributed by atoms with Crippen LogP contribution in [0.1, 0.15) is 39.7 Å². The maximum absolute atomic E-state index is 11.1. The van der Waals surface area contributed by atoms with Gasteiger partial charge in [-0.25, -0.2) is 0 Å². The van der Waals surface area contributed by atoms with Crippen LogP contribution in [0.15, 0.2) is 24.3 Å². The molecule has 1 aliphatic heterocycles. The lowest BCUT2D eigenvalue weighted by Gasteiger charge is -2.32. The molecule has 4 nitrogen and oxygen atoms in total. The summed E-state index contributed by atoms with van der Waals surface area (Å²) in [5, 5.41) is 0. The van der Waals surface area contributed by atoms with Gasteiger partial charge in [0, 0.05) is 6.42 Å². The quantitative estimate of drug-likeness (QED) is 0.629. The van der Waals surface area contributed by atoms with Gasteiger partial charge in [-0.05, 0) is 45.1 Å². The van der Waals surface area contributed by atoms with E-state index in [0.717, 1.165) is 11.0 Å². The number of esters is 1. The molecule has 1 aliphatic rings. The van der Waals surface area contributed by atoms with Gasteiger partial charge in [0.1, 0.15) is 0 Å². The monoisotopic (exact) mass is 290 g/mol. The van der Waals surface area contributed by atoms with Crippen molar-refractivity contribution < 1.29 is 18.8 Å². The Labute approximate surface area is 126 Å². The van der Waals surface area contributed by atoms with E-state index in [9.17, 15) is 4.79 Å². The fourth-order valence-corrected chi connectivity index (χ4v) is 2.17. The molecule has 0 N–H and O–H groups in total. The first kappa shape index (κ1) is 16.1. The van der Waals surface area contributed by atoms with Gasteiger partial charge in [0.15, 0.2) is 0 Å². The maximum atomic E-state index is 11.1. The largest absolute Gasteiger partial charge is 0.494 e. The molecule has 0 unspecified atom stereocenters. The summed E-state index contributed by atoms with van der Waals surface area (Å²) in [6.07, 6.45) is 1.07. The van der Waals surface area contributed by atoms with Gasteiger partial charge in [0.25, 0.3) is 0 Å². The summed E-state index contributed by atoms with van der Waals surface area (Å²) in [6, 6.07) is 8.00. The summed E-state index contributed by atoms with van der Waals surface area (Å²) < 4.78 is 16.7. The van der Waals surface area contributed by atoms with E-state index in [0.29, 0.717) is 12.8 Å². The predicted molar refractivity (Wildman–Crippen MR) is 82.5 cm³/mol. The first-order chi connectivity index (χ1) is 9.75. The first-order valence-corrected chi connectivity index (χ1v) is 7.26. The van der Waals surface area contributed by atoms with Gasteiger partial charge in [-0.3, -0.25) is 4.79 Å². The average molecular weight is 290 g/mol. The number of methoxy groups -OCH3 is 1. The van der Waals surface area contributed by atoms with Crippen molar-refractivity contribution in [3.63, 3.8) is 0 Å². The van der Waals surface area contributed by atoms with E-state index in [-0.39, 0.29) is 24.3 Å². The zero-order valence-electron chi connectivity index (χ0n) is 13.4. The second-order valence-corrected chi connectivity index (χ2v) is 6.41. The van der Waals surface area contributed by atoms with Crippen LogP contribution in [0, 0.1) is 0 Å². The smallest absolute Gasteiger partial charge is 0.469 e. The second-order valence-electron chi connectivity index (χ2n) is 6.41. The number of hydrogen-bond acceptors (Lipinski definition) is 4. The van der Waals surface area contributed by atoms with Gasteiger partial charge in [-0.2, -0.15) is 0 Å². The summed E-state index contributed by atoms with van der Waals surface area (Å²) in [5.74, 6) is -0.190. The van der Waals surface area contributed by atoms with Crippen LogP contribution in [-0.4, -0.2) is 31.4 Å². The molecule has 0 spiro atoms. The standard InChI is InChI=1S/C16H23BO4/c1-15(2)16(3,4)21-17(20-15)13-9-6-12(7-10-13)8-11-14(18)19-5/h6-7,9-10H,8,11H2,1-5H3. The Kier molecular flexibility index (Phi) is 4.44. The van der Waals surface area contributed by atoms with Crippen LogP contribution in [0.4, 0.5) is 0 Å². The summed E-state index contributed by atoms with van der Waals surface area (Å²) in [6.45, 7) is 8.16. The molecule has 0 saturated carbocycles. The van der Waals surface area contributed by atoms with Crippen molar-refractivity contribution in [2.24, 2.45) is 0 Å². The predicted octanol–water partition coefficient (Wildman–Crippen LogP) is 2.09. The van der Waals surface area contributed by atoms with Crippen molar-refractivity contribution in [2.75, 3.05) is 7.11 Å². The number of aryl methyl sites for hydroxylation is 1. The Morgan fingerprint density at radius 3 is 2.10 bits per heavy atom. The zero-order valence-corrected chi connectivity index (χ0v) is 13.4. The van der Waals surface area contributed by atoms with Crippen molar-refractivity contribution in [1.82, 2.24) is 0 Å². The average Bonchev–Trinajstić information content (AvgIpc) is 2.65. The summed E-state index contributed by atoms with van der Waals surface area (Å²) in [4.78, 5) is 11.1. The molecule has 2 rings (SSSR count). The van der Waals surface area contributed by atoms with Gasteiger partial charge < -0.3 is 14.0 Å². The Morgan fingerprint density at radius 1 is 1.10 bits per heavy atom. The van der Waals surface area contributed by atoms with Crippen molar-refractivity contribution in [3.8, 4) is 0 Å². The minimum absolute atomic E-state index is 0.190. The Balaban J connectivity index is 2.02. The van der Waals surface area contributed by atoms with E-state index in [4.69, 9.17) is 9.31 Å². The molecular weight excluding hydrogens is 267 g/mol. The molecule has 1 saturated heterocycles. The van der Waals surface area contributed by atoms with E-state index < -0.39 is 0 Å². The van der Waals surface area contributed by atoms with Crippen molar-refractivity contribution in [3.05, 3.63) is 29.8 Å². The molecular formula is C16H23BO4. The molecule has 1 heterocycles. The van der Waals surface area contributed by atoms with Crippen molar-refractivity contribution in [1.29, 1.82) is 0 Å². The van der Waals surface area contributed by atoms with E-state index in [2.05, 4.69) is 4.74 Å². The molecule has 0 bridgehead atoms. The molecule has 0 aliphatic carbocycles. The van der Waals surface area contributed by atoms with Gasteiger partial charge in [0.2, 0.25) is 0 Å². The lowest BCUT2D eigenvalue weighted by atomic mass is 9.79. The van der Waals surface area contributed by atoms with Crippen LogP contribution in [0.25, 0.3) is 0 Å². The van der Waals surface area contributed by atoms with Crippen LogP contribution in [0.3, 0.4) is 0 Å². The third kappa shape index (κ3) is 3.47. The minimum Gasteiger partial charge on any atom is -0.469 e. The van der Waals surface area contributed by atoms with Crippen LogP contribution in [0.2, 0.25) is 0 Å². The Morgan fingerprint density at radius 2 is 1.62 bits per heavy atom. The number of ether oxygens (including phenoxy) is 1. The van der Waals surface area contributed by atoms with Crippen LogP contribution in [0.5, 0.6) is 0 Å². The highest BCUT2D eigenvalue weighted by Gasteiger charge is 2.51. The third-order valence-corrected chi connectivity index (χ3v) is 4.35. The van der Waals surface area contributed by atoms with E-state index in [1.807, 2.05) is 52.0 Å². The first-order valence-electron chi connectivity index (χ1n) is 7.26. The fourth-order valence-electron chi connectivity index (χ4n) is 2.17. The second kappa shape index (κ2) is 5.81. The summed E-state index contributed by atoms with van der Waals surface area (Å²) in [5.41, 5.74) is 1.43. The molecule has 1 aromatic rings.